The van der Waals surface area contributed by atoms with Gasteiger partial charge in [0.25, 0.3) is 0 Å². The normalized spacial score (nSPS) is 13.7. The maximum absolute atomic E-state index is 12.4. The fourth-order valence-electron chi connectivity index (χ4n) is 2.85. The number of nitrogens with two attached hydrogens (primary N) is 3. The number of amidine groups is 1. The van der Waals surface area contributed by atoms with E-state index in [0.717, 1.165) is 0 Å². The highest BCUT2D eigenvalue weighted by atomic mass is 16.5. The van der Waals surface area contributed by atoms with Crippen LogP contribution in [0.15, 0.2) is 4.52 Å². The zero-order valence-corrected chi connectivity index (χ0v) is 17.7. The number of hydrogen-bond acceptors (Lipinski definition) is 9. The average molecular weight is 457 g/mol. The Morgan fingerprint density at radius 3 is 2.38 bits per heavy atom. The fourth-order valence-corrected chi connectivity index (χ4v) is 2.85. The Morgan fingerprint density at radius 2 is 1.78 bits per heavy atom. The number of urea groups is 1. The lowest BCUT2D eigenvalue weighted by atomic mass is 10.1. The lowest BCUT2D eigenvalue weighted by Gasteiger charge is -2.19. The molecular formula is C18H32N8O6. The van der Waals surface area contributed by atoms with E-state index in [1.54, 1.807) is 0 Å². The molecule has 0 radical (unpaired) electrons. The SMILES string of the molecule is N=C(N)CCCC[C@H](NC(=O)N[C@@H](CCCCN)c1nc([C@@H](N)CC(=O)O)no1)C(=O)O. The molecule has 0 bridgehead atoms. The molecule has 0 saturated carbocycles. The number of aromatic nitrogens is 2. The van der Waals surface area contributed by atoms with Gasteiger partial charge in [0.05, 0.1) is 18.3 Å². The molecule has 11 N–H and O–H groups in total. The van der Waals surface area contributed by atoms with Crippen molar-refractivity contribution >= 4 is 23.8 Å². The predicted molar refractivity (Wildman–Crippen MR) is 113 cm³/mol. The van der Waals surface area contributed by atoms with Gasteiger partial charge in [-0.25, -0.2) is 9.59 Å². The van der Waals surface area contributed by atoms with Crippen molar-refractivity contribution < 1.29 is 29.1 Å². The second-order valence-electron chi connectivity index (χ2n) is 7.31. The average Bonchev–Trinajstić information content (AvgIpc) is 3.19. The highest BCUT2D eigenvalue weighted by molar-refractivity contribution is 5.82. The highest BCUT2D eigenvalue weighted by Crippen LogP contribution is 2.20. The van der Waals surface area contributed by atoms with Gasteiger partial charge in [0.15, 0.2) is 5.82 Å². The van der Waals surface area contributed by atoms with Crippen LogP contribution in [-0.2, 0) is 9.59 Å². The number of carbonyl (C=O) groups is 3. The summed E-state index contributed by atoms with van der Waals surface area (Å²) in [5.41, 5.74) is 16.5. The summed E-state index contributed by atoms with van der Waals surface area (Å²) in [7, 11) is 0. The summed E-state index contributed by atoms with van der Waals surface area (Å²) in [4.78, 5) is 38.8. The van der Waals surface area contributed by atoms with Gasteiger partial charge in [0, 0.05) is 6.42 Å². The second-order valence-corrected chi connectivity index (χ2v) is 7.31. The van der Waals surface area contributed by atoms with E-state index in [2.05, 4.69) is 20.8 Å². The minimum atomic E-state index is -1.19. The Labute approximate surface area is 184 Å². The van der Waals surface area contributed by atoms with Gasteiger partial charge in [-0.2, -0.15) is 4.98 Å². The summed E-state index contributed by atoms with van der Waals surface area (Å²) >= 11 is 0. The molecule has 0 fully saturated rings. The molecule has 1 aromatic rings. The molecule has 0 aliphatic carbocycles. The third-order valence-corrected chi connectivity index (χ3v) is 4.53. The van der Waals surface area contributed by atoms with E-state index in [-0.39, 0.29) is 24.0 Å². The molecular weight excluding hydrogens is 424 g/mol. The number of rotatable bonds is 16. The van der Waals surface area contributed by atoms with Crippen LogP contribution in [-0.4, -0.2) is 56.7 Å². The molecule has 32 heavy (non-hydrogen) atoms. The smallest absolute Gasteiger partial charge is 0.326 e. The van der Waals surface area contributed by atoms with Crippen molar-refractivity contribution in [2.75, 3.05) is 6.54 Å². The number of carbonyl (C=O) groups excluding carboxylic acids is 1. The van der Waals surface area contributed by atoms with Gasteiger partial charge < -0.3 is 42.6 Å². The van der Waals surface area contributed by atoms with Gasteiger partial charge in [-0.3, -0.25) is 10.2 Å². The first-order valence-electron chi connectivity index (χ1n) is 10.3. The van der Waals surface area contributed by atoms with E-state index in [9.17, 15) is 19.5 Å². The molecule has 0 spiro atoms. The first-order valence-corrected chi connectivity index (χ1v) is 10.3. The minimum Gasteiger partial charge on any atom is -0.481 e. The van der Waals surface area contributed by atoms with Crippen LogP contribution >= 0.6 is 0 Å². The maximum Gasteiger partial charge on any atom is 0.326 e. The van der Waals surface area contributed by atoms with Gasteiger partial charge in [0.1, 0.15) is 12.1 Å². The van der Waals surface area contributed by atoms with E-state index in [1.165, 1.54) is 0 Å². The molecule has 0 aromatic carbocycles. The predicted octanol–water partition coefficient (Wildman–Crippen LogP) is -0.0370. The monoisotopic (exact) mass is 456 g/mol. The van der Waals surface area contributed by atoms with E-state index in [4.69, 9.17) is 32.2 Å². The maximum atomic E-state index is 12.4. The van der Waals surface area contributed by atoms with Gasteiger partial charge in [-0.05, 0) is 38.6 Å². The summed E-state index contributed by atoms with van der Waals surface area (Å²) in [6, 6.07) is -3.59. The molecule has 1 heterocycles. The standard InChI is InChI=1S/C18H32N8O6/c19-8-4-3-5-11(16-25-15(26-32-16)10(20)9-14(27)28)23-18(31)24-12(17(29)30)6-1-2-7-13(21)22/h10-12H,1-9,19-20H2,(H3,21,22)(H,27,28)(H,29,30)(H2,23,24,31)/t10-,11-,12-/m0/s1. The van der Waals surface area contributed by atoms with Crippen LogP contribution in [0.1, 0.15) is 75.2 Å². The summed E-state index contributed by atoms with van der Waals surface area (Å²) < 4.78 is 5.16. The van der Waals surface area contributed by atoms with E-state index in [1.807, 2.05) is 0 Å². The van der Waals surface area contributed by atoms with Crippen LogP contribution in [0.5, 0.6) is 0 Å². The number of carboxylic acid groups (broad SMARTS) is 2. The molecule has 1 aromatic heterocycles. The van der Waals surface area contributed by atoms with Crippen molar-refractivity contribution in [3.05, 3.63) is 11.7 Å². The fraction of sp³-hybridized carbons (Fsp3) is 0.667. The molecule has 1 rings (SSSR count). The number of nitrogens with one attached hydrogen (secondary N) is 3. The summed E-state index contributed by atoms with van der Waals surface area (Å²) in [5, 5.41) is 34.1. The highest BCUT2D eigenvalue weighted by Gasteiger charge is 2.26. The summed E-state index contributed by atoms with van der Waals surface area (Å²) in [5.74, 6) is -2.28. The van der Waals surface area contributed by atoms with Crippen molar-refractivity contribution in [2.45, 2.75) is 69.5 Å². The number of nitrogens with zero attached hydrogens (tertiary/aromatic N) is 2. The number of hydrogen-bond donors (Lipinski definition) is 8. The largest absolute Gasteiger partial charge is 0.481 e. The number of carboxylic acids is 2. The molecule has 0 aliphatic rings. The first-order chi connectivity index (χ1) is 15.1. The molecule has 2 amide bonds. The molecule has 0 unspecified atom stereocenters. The second kappa shape index (κ2) is 13.9. The summed E-state index contributed by atoms with van der Waals surface area (Å²) in [6.07, 6.45) is 2.80. The Balaban J connectivity index is 2.78. The van der Waals surface area contributed by atoms with Crippen molar-refractivity contribution in [1.82, 2.24) is 20.8 Å². The van der Waals surface area contributed by atoms with Crippen LogP contribution in [0.3, 0.4) is 0 Å². The molecule has 0 aliphatic heterocycles. The van der Waals surface area contributed by atoms with Crippen LogP contribution in [0.2, 0.25) is 0 Å². The van der Waals surface area contributed by atoms with Crippen molar-refractivity contribution in [3.8, 4) is 0 Å². The van der Waals surface area contributed by atoms with Crippen LogP contribution < -0.4 is 27.8 Å². The quantitative estimate of drug-likeness (QED) is 0.0929. The lowest BCUT2D eigenvalue weighted by molar-refractivity contribution is -0.139. The van der Waals surface area contributed by atoms with Gasteiger partial charge in [-0.15, -0.1) is 0 Å². The minimum absolute atomic E-state index is 0.0117. The van der Waals surface area contributed by atoms with E-state index < -0.39 is 42.5 Å². The van der Waals surface area contributed by atoms with Crippen LogP contribution in [0.4, 0.5) is 4.79 Å². The van der Waals surface area contributed by atoms with Gasteiger partial charge >= 0.3 is 18.0 Å². The van der Waals surface area contributed by atoms with Crippen LogP contribution in [0.25, 0.3) is 0 Å². The molecule has 0 saturated heterocycles. The number of aliphatic carboxylic acids is 2. The molecule has 14 nitrogen and oxygen atoms in total. The van der Waals surface area contributed by atoms with Gasteiger partial charge in [-0.1, -0.05) is 11.6 Å². The first kappa shape index (κ1) is 26.8. The van der Waals surface area contributed by atoms with Crippen molar-refractivity contribution in [3.63, 3.8) is 0 Å². The Bertz CT molecular complexity index is 770. The summed E-state index contributed by atoms with van der Waals surface area (Å²) in [6.45, 7) is 0.443. The molecule has 14 heteroatoms. The lowest BCUT2D eigenvalue weighted by Crippen LogP contribution is -2.47. The number of amides is 2. The Kier molecular flexibility index (Phi) is 11.7. The van der Waals surface area contributed by atoms with E-state index in [0.29, 0.717) is 45.1 Å². The Hall–Kier alpha value is -3.26. The van der Waals surface area contributed by atoms with Crippen molar-refractivity contribution in [2.24, 2.45) is 17.2 Å². The van der Waals surface area contributed by atoms with Crippen LogP contribution in [0, 0.1) is 5.41 Å². The molecule has 3 atom stereocenters. The Morgan fingerprint density at radius 1 is 1.09 bits per heavy atom. The third kappa shape index (κ3) is 10.2. The molecule has 180 valence electrons. The third-order valence-electron chi connectivity index (χ3n) is 4.53. The van der Waals surface area contributed by atoms with Crippen molar-refractivity contribution in [1.29, 1.82) is 5.41 Å². The zero-order valence-electron chi connectivity index (χ0n) is 17.7. The zero-order chi connectivity index (χ0) is 24.1. The topological polar surface area (TPSA) is 257 Å². The van der Waals surface area contributed by atoms with E-state index >= 15 is 0 Å². The number of unbranched alkanes of at least 4 members (excludes halogenated alkanes) is 2. The van der Waals surface area contributed by atoms with Gasteiger partial charge in [0.2, 0.25) is 5.89 Å².